The van der Waals surface area contributed by atoms with Crippen LogP contribution in [-0.4, -0.2) is 11.6 Å². The first-order valence-electron chi connectivity index (χ1n) is 6.14. The van der Waals surface area contributed by atoms with E-state index in [1.807, 2.05) is 52.8 Å². The van der Waals surface area contributed by atoms with Crippen molar-refractivity contribution < 1.29 is 9.59 Å². The molecule has 0 unspecified atom stereocenters. The molecule has 0 aliphatic heterocycles. The van der Waals surface area contributed by atoms with E-state index < -0.39 is 0 Å². The monoisotopic (exact) mass is 242 g/mol. The number of carbonyl (C=O) groups is 2. The molecule has 0 aromatic heterocycles. The van der Waals surface area contributed by atoms with Gasteiger partial charge in [-0.25, -0.2) is 0 Å². The highest BCUT2D eigenvalue weighted by atomic mass is 16.2. The van der Waals surface area contributed by atoms with Gasteiger partial charge in [0.25, 0.3) is 0 Å². The molecule has 0 N–H and O–H groups in total. The number of allylic oxidation sites excluding steroid dienone is 1. The molecule has 0 spiro atoms. The van der Waals surface area contributed by atoms with E-state index >= 15 is 0 Å². The maximum absolute atomic E-state index is 12.1. The van der Waals surface area contributed by atoms with Crippen molar-refractivity contribution in [1.29, 1.82) is 0 Å². The third-order valence-corrected chi connectivity index (χ3v) is 3.47. The predicted octanol–water partition coefficient (Wildman–Crippen LogP) is 3.50. The second kappa shape index (κ2) is 3.91. The zero-order valence-corrected chi connectivity index (χ0v) is 11.5. The number of hydrogen-bond acceptors (Lipinski definition) is 2. The number of ketones is 2. The van der Waals surface area contributed by atoms with Crippen LogP contribution in [0, 0.1) is 19.3 Å². The normalized spacial score (nSPS) is 15.5. The third-order valence-electron chi connectivity index (χ3n) is 3.47. The van der Waals surface area contributed by atoms with E-state index in [-0.39, 0.29) is 17.0 Å². The molecule has 18 heavy (non-hydrogen) atoms. The van der Waals surface area contributed by atoms with Crippen LogP contribution in [0.4, 0.5) is 0 Å². The van der Waals surface area contributed by atoms with Gasteiger partial charge >= 0.3 is 0 Å². The summed E-state index contributed by atoms with van der Waals surface area (Å²) in [4.78, 5) is 24.3. The van der Waals surface area contributed by atoms with Crippen LogP contribution in [0.2, 0.25) is 0 Å². The molecule has 0 heterocycles. The molecule has 1 aliphatic carbocycles. The Morgan fingerprint density at radius 2 is 1.44 bits per heavy atom. The Hall–Kier alpha value is -1.70. The Labute approximate surface area is 108 Å². The average Bonchev–Trinajstić information content (AvgIpc) is 2.25. The lowest BCUT2D eigenvalue weighted by atomic mass is 9.76. The summed E-state index contributed by atoms with van der Waals surface area (Å²) in [5, 5.41) is 0. The summed E-state index contributed by atoms with van der Waals surface area (Å²) in [5.74, 6) is -0.737. The van der Waals surface area contributed by atoms with Gasteiger partial charge in [0.2, 0.25) is 11.6 Å². The molecule has 1 aromatic rings. The molecule has 2 nitrogen and oxygen atoms in total. The maximum atomic E-state index is 12.1. The van der Waals surface area contributed by atoms with Gasteiger partial charge < -0.3 is 0 Å². The minimum absolute atomic E-state index is 0.302. The molecule has 0 radical (unpaired) electrons. The van der Waals surface area contributed by atoms with Crippen LogP contribution in [0.15, 0.2) is 17.7 Å². The van der Waals surface area contributed by atoms with Crippen LogP contribution >= 0.6 is 0 Å². The smallest absolute Gasteiger partial charge is 0.233 e. The molecule has 1 aromatic carbocycles. The van der Waals surface area contributed by atoms with Crippen molar-refractivity contribution in [2.24, 2.45) is 5.41 Å². The zero-order valence-electron chi connectivity index (χ0n) is 11.5. The molecule has 2 heteroatoms. The van der Waals surface area contributed by atoms with E-state index in [9.17, 15) is 9.59 Å². The molecule has 0 saturated heterocycles. The first-order chi connectivity index (χ1) is 8.21. The van der Waals surface area contributed by atoms with Crippen molar-refractivity contribution >= 4 is 17.6 Å². The maximum Gasteiger partial charge on any atom is 0.233 e. The number of fused-ring (bicyclic) bond motifs is 1. The van der Waals surface area contributed by atoms with E-state index in [1.165, 1.54) is 0 Å². The van der Waals surface area contributed by atoms with Crippen LogP contribution in [0.25, 0.3) is 6.08 Å². The van der Waals surface area contributed by atoms with E-state index in [2.05, 4.69) is 0 Å². The van der Waals surface area contributed by atoms with Gasteiger partial charge in [-0.15, -0.1) is 0 Å². The number of hydrogen-bond donors (Lipinski definition) is 0. The van der Waals surface area contributed by atoms with Gasteiger partial charge in [0, 0.05) is 11.1 Å². The lowest BCUT2D eigenvalue weighted by Gasteiger charge is -2.25. The summed E-state index contributed by atoms with van der Waals surface area (Å²) < 4.78 is 0. The van der Waals surface area contributed by atoms with Gasteiger partial charge in [-0.1, -0.05) is 26.8 Å². The zero-order chi connectivity index (χ0) is 13.7. The Kier molecular flexibility index (Phi) is 2.77. The summed E-state index contributed by atoms with van der Waals surface area (Å²) in [6.07, 6.45) is 1.87. The lowest BCUT2D eigenvalue weighted by Crippen LogP contribution is -2.28. The molecule has 0 bridgehead atoms. The van der Waals surface area contributed by atoms with E-state index in [0.29, 0.717) is 11.1 Å². The predicted molar refractivity (Wildman–Crippen MR) is 72.7 cm³/mol. The minimum atomic E-state index is -0.375. The number of Topliss-reactive ketones (excluding diaryl/α,β-unsaturated/α-hetero) is 2. The minimum Gasteiger partial charge on any atom is -0.285 e. The van der Waals surface area contributed by atoms with Crippen LogP contribution in [0.1, 0.15) is 47.8 Å². The van der Waals surface area contributed by atoms with Crippen molar-refractivity contribution in [3.8, 4) is 0 Å². The molecule has 0 amide bonds. The van der Waals surface area contributed by atoms with E-state index in [1.54, 1.807) is 0 Å². The Morgan fingerprint density at radius 3 is 2.00 bits per heavy atom. The Balaban J connectivity index is 2.71. The van der Waals surface area contributed by atoms with Crippen molar-refractivity contribution in [2.75, 3.05) is 0 Å². The summed E-state index contributed by atoms with van der Waals surface area (Å²) in [5.41, 5.74) is 3.89. The van der Waals surface area contributed by atoms with Crippen molar-refractivity contribution in [2.45, 2.75) is 34.6 Å². The topological polar surface area (TPSA) is 34.1 Å². The van der Waals surface area contributed by atoms with Gasteiger partial charge in [-0.05, 0) is 48.1 Å². The summed E-state index contributed by atoms with van der Waals surface area (Å²) in [6, 6.07) is 3.81. The number of carbonyl (C=O) groups excluding carboxylic acids is 2. The first-order valence-corrected chi connectivity index (χ1v) is 6.14. The average molecular weight is 242 g/mol. The summed E-state index contributed by atoms with van der Waals surface area (Å²) in [7, 11) is 0. The molecule has 0 fully saturated rings. The highest BCUT2D eigenvalue weighted by molar-refractivity contribution is 6.52. The summed E-state index contributed by atoms with van der Waals surface area (Å²) in [6.45, 7) is 9.83. The van der Waals surface area contributed by atoms with Crippen molar-refractivity contribution in [1.82, 2.24) is 0 Å². The highest BCUT2D eigenvalue weighted by Gasteiger charge is 2.33. The fraction of sp³-hybridized carbons (Fsp3) is 0.375. The SMILES string of the molecule is Cc1cc2c(cc1C)C(=O)C(=O)C(C(C)(C)C)=C2. The molecule has 94 valence electrons. The second-order valence-corrected chi connectivity index (χ2v) is 5.99. The summed E-state index contributed by atoms with van der Waals surface area (Å²) >= 11 is 0. The first kappa shape index (κ1) is 12.7. The third kappa shape index (κ3) is 1.92. The van der Waals surface area contributed by atoms with Gasteiger partial charge in [-0.2, -0.15) is 0 Å². The molecule has 1 aliphatic rings. The molecule has 0 saturated carbocycles. The van der Waals surface area contributed by atoms with Crippen LogP contribution in [0.3, 0.4) is 0 Å². The quantitative estimate of drug-likeness (QED) is 0.652. The van der Waals surface area contributed by atoms with Crippen LogP contribution in [0.5, 0.6) is 0 Å². The number of rotatable bonds is 0. The van der Waals surface area contributed by atoms with Gasteiger partial charge in [-0.3, -0.25) is 9.59 Å². The van der Waals surface area contributed by atoms with Crippen LogP contribution < -0.4 is 0 Å². The van der Waals surface area contributed by atoms with Crippen molar-refractivity contribution in [3.63, 3.8) is 0 Å². The second-order valence-electron chi connectivity index (χ2n) is 5.99. The lowest BCUT2D eigenvalue weighted by molar-refractivity contribution is -0.112. The largest absolute Gasteiger partial charge is 0.285 e. The molecular weight excluding hydrogens is 224 g/mol. The van der Waals surface area contributed by atoms with Crippen LogP contribution in [-0.2, 0) is 4.79 Å². The Bertz CT molecular complexity index is 584. The molecule has 2 rings (SSSR count). The van der Waals surface area contributed by atoms with E-state index in [4.69, 9.17) is 0 Å². The highest BCUT2D eigenvalue weighted by Crippen LogP contribution is 2.34. The van der Waals surface area contributed by atoms with E-state index in [0.717, 1.165) is 16.7 Å². The Morgan fingerprint density at radius 1 is 0.889 bits per heavy atom. The number of benzene rings is 1. The standard InChI is InChI=1S/C16H18O2/c1-9-6-11-8-13(16(3,4)5)15(18)14(17)12(11)7-10(9)2/h6-8H,1-5H3. The fourth-order valence-electron chi connectivity index (χ4n) is 2.18. The van der Waals surface area contributed by atoms with Gasteiger partial charge in [0.1, 0.15) is 0 Å². The van der Waals surface area contributed by atoms with Gasteiger partial charge in [0.05, 0.1) is 0 Å². The van der Waals surface area contributed by atoms with Gasteiger partial charge in [0.15, 0.2) is 0 Å². The fourth-order valence-corrected chi connectivity index (χ4v) is 2.18. The molecule has 0 atom stereocenters. The van der Waals surface area contributed by atoms with Crippen molar-refractivity contribution in [3.05, 3.63) is 40.0 Å². The number of aryl methyl sites for hydroxylation is 2. The molecular formula is C16H18O2.